The third kappa shape index (κ3) is 3.30. The monoisotopic (exact) mass is 348 g/mol. The van der Waals surface area contributed by atoms with E-state index in [0.29, 0.717) is 45.1 Å². The van der Waals surface area contributed by atoms with E-state index in [1.165, 1.54) is 0 Å². The Morgan fingerprint density at radius 2 is 2.08 bits per heavy atom. The number of furan rings is 1. The zero-order valence-corrected chi connectivity index (χ0v) is 14.5. The molecule has 0 radical (unpaired) electrons. The molecular weight excluding hydrogens is 324 g/mol. The van der Waals surface area contributed by atoms with Crippen molar-refractivity contribution in [3.05, 3.63) is 24.2 Å². The molecule has 1 aliphatic carbocycles. The van der Waals surface area contributed by atoms with Crippen LogP contribution in [0, 0.1) is 5.92 Å². The fourth-order valence-corrected chi connectivity index (χ4v) is 3.81. The van der Waals surface area contributed by atoms with Gasteiger partial charge in [-0.2, -0.15) is 0 Å². The third-order valence-electron chi connectivity index (χ3n) is 5.35. The highest BCUT2D eigenvalue weighted by molar-refractivity contribution is 5.83. The predicted molar refractivity (Wildman–Crippen MR) is 87.8 cm³/mol. The zero-order valence-electron chi connectivity index (χ0n) is 14.5. The van der Waals surface area contributed by atoms with Crippen molar-refractivity contribution in [1.82, 2.24) is 9.80 Å². The van der Waals surface area contributed by atoms with E-state index in [0.717, 1.165) is 18.4 Å². The van der Waals surface area contributed by atoms with Crippen LogP contribution in [0.15, 0.2) is 23.0 Å². The SMILES string of the molecule is COC(C(=O)N1CC2(CN(C(=O)Cc3ccoc3)CCO2)C1)C1CC1. The topological polar surface area (TPSA) is 72.2 Å². The van der Waals surface area contributed by atoms with Crippen LogP contribution in [0.1, 0.15) is 18.4 Å². The van der Waals surface area contributed by atoms with Crippen LogP contribution in [-0.4, -0.2) is 73.2 Å². The van der Waals surface area contributed by atoms with Gasteiger partial charge in [0.15, 0.2) is 0 Å². The van der Waals surface area contributed by atoms with Crippen LogP contribution in [-0.2, 0) is 25.5 Å². The molecule has 1 saturated carbocycles. The van der Waals surface area contributed by atoms with Gasteiger partial charge in [-0.15, -0.1) is 0 Å². The van der Waals surface area contributed by atoms with Crippen LogP contribution < -0.4 is 0 Å². The van der Waals surface area contributed by atoms with Crippen molar-refractivity contribution >= 4 is 11.8 Å². The minimum atomic E-state index is -0.415. The summed E-state index contributed by atoms with van der Waals surface area (Å²) in [6, 6.07) is 1.81. The molecule has 3 heterocycles. The molecule has 3 fully saturated rings. The number of morpholine rings is 1. The standard InChI is InChI=1S/C18H24N2O5/c1-23-16(14-2-3-14)17(22)20-11-18(12-20)10-19(5-7-25-18)15(21)8-13-4-6-24-9-13/h4,6,9,14,16H,2-3,5,7-8,10-12H2,1H3. The molecule has 1 aromatic rings. The Balaban J connectivity index is 1.33. The smallest absolute Gasteiger partial charge is 0.252 e. The molecule has 0 bridgehead atoms. The highest BCUT2D eigenvalue weighted by Gasteiger charge is 2.52. The molecule has 2 amide bonds. The molecule has 0 aromatic carbocycles. The predicted octanol–water partition coefficient (Wildman–Crippen LogP) is 0.687. The molecule has 4 rings (SSSR count). The van der Waals surface area contributed by atoms with Gasteiger partial charge in [0, 0.05) is 13.7 Å². The maximum Gasteiger partial charge on any atom is 0.252 e. The van der Waals surface area contributed by atoms with Gasteiger partial charge < -0.3 is 23.7 Å². The molecule has 7 heteroatoms. The minimum Gasteiger partial charge on any atom is -0.472 e. The second-order valence-corrected chi connectivity index (χ2v) is 7.34. The maximum absolute atomic E-state index is 12.5. The normalized spacial score (nSPS) is 23.4. The van der Waals surface area contributed by atoms with E-state index in [1.54, 1.807) is 30.6 Å². The van der Waals surface area contributed by atoms with Crippen LogP contribution >= 0.6 is 0 Å². The molecule has 3 aliphatic rings. The van der Waals surface area contributed by atoms with Gasteiger partial charge in [0.1, 0.15) is 11.7 Å². The largest absolute Gasteiger partial charge is 0.472 e. The number of hydrogen-bond acceptors (Lipinski definition) is 5. The van der Waals surface area contributed by atoms with Crippen molar-refractivity contribution in [1.29, 1.82) is 0 Å². The quantitative estimate of drug-likeness (QED) is 0.783. The number of amides is 2. The Morgan fingerprint density at radius 1 is 1.32 bits per heavy atom. The van der Waals surface area contributed by atoms with Crippen LogP contribution in [0.25, 0.3) is 0 Å². The van der Waals surface area contributed by atoms with Crippen molar-refractivity contribution in [3.63, 3.8) is 0 Å². The first-order chi connectivity index (χ1) is 12.1. The van der Waals surface area contributed by atoms with Crippen molar-refractivity contribution in [2.24, 2.45) is 5.92 Å². The van der Waals surface area contributed by atoms with Crippen molar-refractivity contribution in [2.45, 2.75) is 31.0 Å². The number of likely N-dealkylation sites (tertiary alicyclic amines) is 1. The number of methoxy groups -OCH3 is 1. The summed E-state index contributed by atoms with van der Waals surface area (Å²) in [5.74, 6) is 0.497. The van der Waals surface area contributed by atoms with Crippen molar-refractivity contribution in [3.8, 4) is 0 Å². The summed E-state index contributed by atoms with van der Waals surface area (Å²) < 4.78 is 16.3. The van der Waals surface area contributed by atoms with Crippen LogP contribution in [0.4, 0.5) is 0 Å². The summed E-state index contributed by atoms with van der Waals surface area (Å²) in [5.41, 5.74) is 0.463. The number of carbonyl (C=O) groups is 2. The van der Waals surface area contributed by atoms with Gasteiger partial charge in [-0.05, 0) is 30.4 Å². The molecule has 2 saturated heterocycles. The Kier molecular flexibility index (Phi) is 4.29. The first kappa shape index (κ1) is 16.6. The van der Waals surface area contributed by atoms with Gasteiger partial charge in [0.2, 0.25) is 5.91 Å². The van der Waals surface area contributed by atoms with Gasteiger partial charge >= 0.3 is 0 Å². The summed E-state index contributed by atoms with van der Waals surface area (Å²) in [7, 11) is 1.60. The summed E-state index contributed by atoms with van der Waals surface area (Å²) in [6.45, 7) is 2.71. The van der Waals surface area contributed by atoms with Gasteiger partial charge in [0.05, 0.1) is 45.2 Å². The van der Waals surface area contributed by atoms with E-state index in [4.69, 9.17) is 13.9 Å². The third-order valence-corrected chi connectivity index (χ3v) is 5.35. The average Bonchev–Trinajstić information content (AvgIpc) is 3.29. The molecular formula is C18H24N2O5. The summed E-state index contributed by atoms with van der Waals surface area (Å²) in [4.78, 5) is 28.7. The van der Waals surface area contributed by atoms with Gasteiger partial charge in [-0.3, -0.25) is 9.59 Å². The lowest BCUT2D eigenvalue weighted by Gasteiger charge is -2.54. The van der Waals surface area contributed by atoms with E-state index in [-0.39, 0.29) is 17.9 Å². The van der Waals surface area contributed by atoms with E-state index in [2.05, 4.69) is 0 Å². The Morgan fingerprint density at radius 3 is 2.72 bits per heavy atom. The van der Waals surface area contributed by atoms with Gasteiger partial charge in [-0.25, -0.2) is 0 Å². The average molecular weight is 348 g/mol. The summed E-state index contributed by atoms with van der Waals surface area (Å²) in [5, 5.41) is 0. The Bertz CT molecular complexity index is 634. The molecule has 2 aliphatic heterocycles. The second kappa shape index (κ2) is 6.46. The van der Waals surface area contributed by atoms with E-state index in [9.17, 15) is 9.59 Å². The summed E-state index contributed by atoms with van der Waals surface area (Å²) >= 11 is 0. The number of nitrogens with zero attached hydrogens (tertiary/aromatic N) is 2. The van der Waals surface area contributed by atoms with Crippen LogP contribution in [0.3, 0.4) is 0 Å². The number of carbonyl (C=O) groups excluding carboxylic acids is 2. The first-order valence-electron chi connectivity index (χ1n) is 8.85. The molecule has 0 N–H and O–H groups in total. The van der Waals surface area contributed by atoms with Gasteiger partial charge in [0.25, 0.3) is 5.91 Å². The Hall–Kier alpha value is -1.86. The van der Waals surface area contributed by atoms with Crippen molar-refractivity contribution < 1.29 is 23.5 Å². The number of rotatable bonds is 5. The second-order valence-electron chi connectivity index (χ2n) is 7.34. The fourth-order valence-electron chi connectivity index (χ4n) is 3.81. The molecule has 136 valence electrons. The molecule has 1 spiro atoms. The van der Waals surface area contributed by atoms with Crippen LogP contribution in [0.5, 0.6) is 0 Å². The lowest BCUT2D eigenvalue weighted by atomic mass is 9.90. The number of hydrogen-bond donors (Lipinski definition) is 0. The lowest BCUT2D eigenvalue weighted by molar-refractivity contribution is -0.199. The highest BCUT2D eigenvalue weighted by Crippen LogP contribution is 2.37. The molecule has 1 aromatic heterocycles. The number of ether oxygens (including phenoxy) is 2. The maximum atomic E-state index is 12.5. The molecule has 25 heavy (non-hydrogen) atoms. The zero-order chi connectivity index (χ0) is 17.4. The lowest BCUT2D eigenvalue weighted by Crippen LogP contribution is -2.72. The highest BCUT2D eigenvalue weighted by atomic mass is 16.5. The first-order valence-corrected chi connectivity index (χ1v) is 8.85. The van der Waals surface area contributed by atoms with E-state index in [1.807, 2.05) is 4.90 Å². The minimum absolute atomic E-state index is 0.0565. The molecule has 1 unspecified atom stereocenters. The van der Waals surface area contributed by atoms with Crippen LogP contribution in [0.2, 0.25) is 0 Å². The fraction of sp³-hybridized carbons (Fsp3) is 0.667. The molecule has 7 nitrogen and oxygen atoms in total. The van der Waals surface area contributed by atoms with Gasteiger partial charge in [-0.1, -0.05) is 0 Å². The Labute approximate surface area is 146 Å². The molecule has 1 atom stereocenters. The van der Waals surface area contributed by atoms with Crippen molar-refractivity contribution in [2.75, 3.05) is 39.9 Å². The summed E-state index contributed by atoms with van der Waals surface area (Å²) in [6.07, 6.45) is 5.32. The van der Waals surface area contributed by atoms with E-state index < -0.39 is 5.60 Å². The van der Waals surface area contributed by atoms with E-state index >= 15 is 0 Å².